The van der Waals surface area contributed by atoms with E-state index in [1.165, 1.54) is 11.3 Å². The Hall–Kier alpha value is -0.480. The van der Waals surface area contributed by atoms with Crippen LogP contribution in [0, 0.1) is 5.92 Å². The Labute approximate surface area is 79.8 Å². The lowest BCUT2D eigenvalue weighted by atomic mass is 10.3. The fraction of sp³-hybridized carbons (Fsp3) is 0.556. The molecule has 0 aromatic carbocycles. The predicted octanol–water partition coefficient (Wildman–Crippen LogP) is 2.32. The van der Waals surface area contributed by atoms with Gasteiger partial charge in [-0.2, -0.15) is 0 Å². The van der Waals surface area contributed by atoms with Crippen LogP contribution in [0.4, 0.5) is 8.78 Å². The van der Waals surface area contributed by atoms with Crippen molar-refractivity contribution < 1.29 is 8.78 Å². The van der Waals surface area contributed by atoms with Crippen molar-refractivity contribution in [1.82, 2.24) is 5.32 Å². The number of hydrogen-bond donors (Lipinski definition) is 1. The molecule has 1 saturated carbocycles. The maximum Gasteiger partial charge on any atom is 0.261 e. The van der Waals surface area contributed by atoms with E-state index in [0.717, 1.165) is 4.88 Å². The molecule has 1 aromatic heterocycles. The first-order valence-corrected chi connectivity index (χ1v) is 5.11. The Balaban J connectivity index is 2.11. The molecule has 0 saturated heterocycles. The Morgan fingerprint density at radius 1 is 1.62 bits per heavy atom. The molecule has 1 aliphatic rings. The first-order chi connectivity index (χ1) is 6.18. The van der Waals surface area contributed by atoms with E-state index >= 15 is 0 Å². The van der Waals surface area contributed by atoms with Crippen molar-refractivity contribution in [1.29, 1.82) is 0 Å². The van der Waals surface area contributed by atoms with Gasteiger partial charge in [0.05, 0.1) is 5.92 Å². The minimum atomic E-state index is -2.49. The smallest absolute Gasteiger partial charge is 0.261 e. The largest absolute Gasteiger partial charge is 0.319 e. The summed E-state index contributed by atoms with van der Waals surface area (Å²) in [6.45, 7) is 0.398. The predicted molar refractivity (Wildman–Crippen MR) is 49.4 cm³/mol. The number of alkyl halides is 2. The van der Waals surface area contributed by atoms with Gasteiger partial charge in [0.25, 0.3) is 5.92 Å². The minimum absolute atomic E-state index is 0.398. The highest BCUT2D eigenvalue weighted by molar-refractivity contribution is 7.10. The molecule has 2 rings (SSSR count). The normalized spacial score (nSPS) is 30.4. The fourth-order valence-corrected chi connectivity index (χ4v) is 2.66. The summed E-state index contributed by atoms with van der Waals surface area (Å²) in [6.07, 6.45) is 0. The summed E-state index contributed by atoms with van der Waals surface area (Å²) in [5.41, 5.74) is 0. The Kier molecular flexibility index (Phi) is 2.12. The number of hydrogen-bond acceptors (Lipinski definition) is 2. The lowest BCUT2D eigenvalue weighted by Gasteiger charge is -1.92. The van der Waals surface area contributed by atoms with E-state index in [1.54, 1.807) is 13.1 Å². The van der Waals surface area contributed by atoms with Crippen LogP contribution >= 0.6 is 11.3 Å². The van der Waals surface area contributed by atoms with E-state index < -0.39 is 17.8 Å². The molecule has 1 aromatic rings. The van der Waals surface area contributed by atoms with E-state index in [-0.39, 0.29) is 0 Å². The molecule has 4 heteroatoms. The van der Waals surface area contributed by atoms with Crippen LogP contribution in [0.3, 0.4) is 0 Å². The monoisotopic (exact) mass is 203 g/mol. The van der Waals surface area contributed by atoms with Crippen LogP contribution in [0.15, 0.2) is 17.5 Å². The fourth-order valence-electron chi connectivity index (χ4n) is 1.72. The number of rotatable bonds is 3. The van der Waals surface area contributed by atoms with Gasteiger partial charge in [-0.1, -0.05) is 6.07 Å². The van der Waals surface area contributed by atoms with Crippen molar-refractivity contribution in [2.75, 3.05) is 13.6 Å². The third-order valence-electron chi connectivity index (χ3n) is 2.48. The molecule has 0 spiro atoms. The van der Waals surface area contributed by atoms with Gasteiger partial charge in [0.2, 0.25) is 0 Å². The maximum absolute atomic E-state index is 13.2. The van der Waals surface area contributed by atoms with Crippen LogP contribution in [0.2, 0.25) is 0 Å². The molecular formula is C9H11F2NS. The molecule has 72 valence electrons. The van der Waals surface area contributed by atoms with Crippen LogP contribution < -0.4 is 5.32 Å². The summed E-state index contributed by atoms with van der Waals surface area (Å²) < 4.78 is 26.4. The zero-order valence-electron chi connectivity index (χ0n) is 7.26. The topological polar surface area (TPSA) is 12.0 Å². The van der Waals surface area contributed by atoms with E-state index in [9.17, 15) is 8.78 Å². The van der Waals surface area contributed by atoms with Crippen LogP contribution in [0.25, 0.3) is 0 Å². The van der Waals surface area contributed by atoms with Gasteiger partial charge in [-0.15, -0.1) is 11.3 Å². The average Bonchev–Trinajstić information content (AvgIpc) is 2.56. The summed E-state index contributed by atoms with van der Waals surface area (Å²) >= 11 is 1.42. The third kappa shape index (κ3) is 1.38. The zero-order chi connectivity index (χ0) is 9.47. The second-order valence-corrected chi connectivity index (χ2v) is 4.31. The molecule has 1 N–H and O–H groups in total. The molecule has 0 aliphatic heterocycles. The Morgan fingerprint density at radius 2 is 2.38 bits per heavy atom. The molecule has 1 heterocycles. The van der Waals surface area contributed by atoms with E-state index in [0.29, 0.717) is 6.54 Å². The van der Waals surface area contributed by atoms with E-state index in [2.05, 4.69) is 5.32 Å². The number of halogens is 2. The quantitative estimate of drug-likeness (QED) is 0.795. The molecule has 0 amide bonds. The Bertz CT molecular complexity index is 284. The van der Waals surface area contributed by atoms with Gasteiger partial charge in [0, 0.05) is 17.3 Å². The highest BCUT2D eigenvalue weighted by Gasteiger charge is 2.68. The van der Waals surface area contributed by atoms with Crippen LogP contribution in [-0.4, -0.2) is 19.5 Å². The van der Waals surface area contributed by atoms with Crippen LogP contribution in [0.1, 0.15) is 10.8 Å². The van der Waals surface area contributed by atoms with Gasteiger partial charge >= 0.3 is 0 Å². The van der Waals surface area contributed by atoms with Crippen molar-refractivity contribution in [3.63, 3.8) is 0 Å². The van der Waals surface area contributed by atoms with Crippen LogP contribution in [0.5, 0.6) is 0 Å². The number of nitrogens with one attached hydrogen (secondary N) is 1. The molecule has 0 radical (unpaired) electrons. The summed E-state index contributed by atoms with van der Waals surface area (Å²) in [6, 6.07) is 3.61. The van der Waals surface area contributed by atoms with Gasteiger partial charge in [0.15, 0.2) is 0 Å². The van der Waals surface area contributed by atoms with Gasteiger partial charge in [-0.25, -0.2) is 8.78 Å². The molecule has 2 atom stereocenters. The van der Waals surface area contributed by atoms with Gasteiger partial charge in [0.1, 0.15) is 0 Å². The SMILES string of the molecule is CNCC1C(c2cccs2)C1(F)F. The molecular weight excluding hydrogens is 192 g/mol. The first-order valence-electron chi connectivity index (χ1n) is 4.23. The maximum atomic E-state index is 13.2. The van der Waals surface area contributed by atoms with Crippen LogP contribution in [-0.2, 0) is 0 Å². The highest BCUT2D eigenvalue weighted by atomic mass is 32.1. The Morgan fingerprint density at radius 3 is 2.92 bits per heavy atom. The molecule has 0 bridgehead atoms. The lowest BCUT2D eigenvalue weighted by molar-refractivity contribution is 0.0938. The second-order valence-electron chi connectivity index (χ2n) is 3.33. The van der Waals surface area contributed by atoms with Crippen molar-refractivity contribution in [3.8, 4) is 0 Å². The number of thiophene rings is 1. The van der Waals surface area contributed by atoms with Gasteiger partial charge in [-0.3, -0.25) is 0 Å². The van der Waals surface area contributed by atoms with Crippen molar-refractivity contribution in [3.05, 3.63) is 22.4 Å². The second kappa shape index (κ2) is 3.03. The molecule has 2 unspecified atom stereocenters. The lowest BCUT2D eigenvalue weighted by Crippen LogP contribution is -2.13. The van der Waals surface area contributed by atoms with Gasteiger partial charge < -0.3 is 5.32 Å². The standard InChI is InChI=1S/C9H11F2NS/c1-12-5-6-8(9(6,10)11)7-3-2-4-13-7/h2-4,6,8,12H,5H2,1H3. The summed E-state index contributed by atoms with van der Waals surface area (Å²) in [4.78, 5) is 0.810. The summed E-state index contributed by atoms with van der Waals surface area (Å²) in [5, 5.41) is 4.65. The highest BCUT2D eigenvalue weighted by Crippen LogP contribution is 2.61. The molecule has 1 aliphatic carbocycles. The average molecular weight is 203 g/mol. The molecule has 13 heavy (non-hydrogen) atoms. The van der Waals surface area contributed by atoms with Crippen molar-refractivity contribution in [2.45, 2.75) is 11.8 Å². The van der Waals surface area contributed by atoms with E-state index in [4.69, 9.17) is 0 Å². The van der Waals surface area contributed by atoms with Gasteiger partial charge in [-0.05, 0) is 18.5 Å². The van der Waals surface area contributed by atoms with E-state index in [1.807, 2.05) is 11.4 Å². The van der Waals surface area contributed by atoms with Crippen molar-refractivity contribution in [2.24, 2.45) is 5.92 Å². The minimum Gasteiger partial charge on any atom is -0.319 e. The summed E-state index contributed by atoms with van der Waals surface area (Å²) in [5.74, 6) is -3.54. The first kappa shape index (κ1) is 9.09. The van der Waals surface area contributed by atoms with Crippen molar-refractivity contribution >= 4 is 11.3 Å². The third-order valence-corrected chi connectivity index (χ3v) is 3.43. The zero-order valence-corrected chi connectivity index (χ0v) is 8.07. The molecule has 1 nitrogen and oxygen atoms in total. The summed E-state index contributed by atoms with van der Waals surface area (Å²) in [7, 11) is 1.71. The molecule has 1 fully saturated rings.